The molecular weight excluding hydrogens is 468 g/mol. The Bertz CT molecular complexity index is 1430. The van der Waals surface area contributed by atoms with Crippen LogP contribution in [-0.4, -0.2) is 22.3 Å². The van der Waals surface area contributed by atoms with E-state index in [-0.39, 0.29) is 0 Å². The van der Waals surface area contributed by atoms with E-state index < -0.39 is 8.07 Å². The van der Waals surface area contributed by atoms with Gasteiger partial charge in [-0.05, 0) is 58.6 Å². The van der Waals surface area contributed by atoms with Crippen LogP contribution in [0.15, 0.2) is 97.1 Å². The minimum absolute atomic E-state index is 0.910. The monoisotopic (exact) mass is 502 g/mol. The molecule has 0 aromatic heterocycles. The van der Waals surface area contributed by atoms with Gasteiger partial charge in [-0.15, -0.1) is 0 Å². The van der Waals surface area contributed by atoms with Gasteiger partial charge in [0.1, 0.15) is 19.6 Å². The Morgan fingerprint density at radius 3 is 1.30 bits per heavy atom. The van der Waals surface area contributed by atoms with Gasteiger partial charge in [-0.3, -0.25) is 0 Å². The van der Waals surface area contributed by atoms with Crippen molar-refractivity contribution in [3.8, 4) is 11.5 Å². The Kier molecular flexibility index (Phi) is 6.66. The smallest absolute Gasteiger partial charge is 0.125 e. The maximum atomic E-state index is 5.95. The van der Waals surface area contributed by atoms with E-state index in [1.54, 1.807) is 14.2 Å². The van der Waals surface area contributed by atoms with Gasteiger partial charge < -0.3 is 9.47 Å². The van der Waals surface area contributed by atoms with E-state index in [1.165, 1.54) is 54.9 Å². The van der Waals surface area contributed by atoms with Gasteiger partial charge >= 0.3 is 0 Å². The molecule has 4 aromatic carbocycles. The Balaban J connectivity index is 1.98. The fraction of sp³-hybridized carbons (Fsp3) is 0.176. The minimum atomic E-state index is -2.30. The molecule has 0 amide bonds. The lowest BCUT2D eigenvalue weighted by Crippen LogP contribution is -2.29. The third-order valence-corrected chi connectivity index (χ3v) is 10.9. The number of ether oxygens (including phenoxy) is 2. The van der Waals surface area contributed by atoms with Crippen molar-refractivity contribution in [1.82, 2.24) is 0 Å². The lowest BCUT2D eigenvalue weighted by atomic mass is 9.88. The lowest BCUT2D eigenvalue weighted by Gasteiger charge is -2.28. The molecule has 1 aliphatic rings. The van der Waals surface area contributed by atoms with Gasteiger partial charge in [-0.2, -0.15) is 0 Å². The molecule has 186 valence electrons. The normalized spacial score (nSPS) is 14.8. The number of hydrogen-bond donors (Lipinski definition) is 0. The summed E-state index contributed by atoms with van der Waals surface area (Å²) in [6, 6.07) is 34.7. The number of aryl methyl sites for hydroxylation is 2. The van der Waals surface area contributed by atoms with Crippen LogP contribution >= 0.6 is 0 Å². The Morgan fingerprint density at radius 2 is 0.919 bits per heavy atom. The molecule has 3 heteroatoms. The van der Waals surface area contributed by atoms with Crippen molar-refractivity contribution in [2.24, 2.45) is 0 Å². The number of rotatable bonds is 6. The summed E-state index contributed by atoms with van der Waals surface area (Å²) in [5.74, 6) is 1.82. The first-order chi connectivity index (χ1) is 17.9. The van der Waals surface area contributed by atoms with Crippen molar-refractivity contribution in [3.05, 3.63) is 130 Å². The van der Waals surface area contributed by atoms with Crippen LogP contribution in [0.1, 0.15) is 33.4 Å². The fourth-order valence-electron chi connectivity index (χ4n) is 5.82. The van der Waals surface area contributed by atoms with Crippen LogP contribution in [0.2, 0.25) is 13.1 Å². The van der Waals surface area contributed by atoms with E-state index in [2.05, 4.69) is 124 Å². The highest BCUT2D eigenvalue weighted by Crippen LogP contribution is 2.57. The van der Waals surface area contributed by atoms with Crippen molar-refractivity contribution in [1.29, 1.82) is 0 Å². The van der Waals surface area contributed by atoms with E-state index in [9.17, 15) is 0 Å². The zero-order valence-corrected chi connectivity index (χ0v) is 23.6. The van der Waals surface area contributed by atoms with E-state index in [0.29, 0.717) is 0 Å². The predicted molar refractivity (Wildman–Crippen MR) is 159 cm³/mol. The van der Waals surface area contributed by atoms with Gasteiger partial charge in [-0.1, -0.05) is 109 Å². The van der Waals surface area contributed by atoms with Crippen LogP contribution < -0.4 is 9.47 Å². The number of benzene rings is 4. The van der Waals surface area contributed by atoms with E-state index >= 15 is 0 Å². The molecule has 0 spiro atoms. The second kappa shape index (κ2) is 9.91. The van der Waals surface area contributed by atoms with Gasteiger partial charge in [-0.25, -0.2) is 0 Å². The van der Waals surface area contributed by atoms with Gasteiger partial charge in [0, 0.05) is 11.1 Å². The molecule has 0 unspecified atom stereocenters. The molecule has 0 fully saturated rings. The van der Waals surface area contributed by atoms with Crippen molar-refractivity contribution in [2.45, 2.75) is 26.9 Å². The zero-order valence-electron chi connectivity index (χ0n) is 22.6. The number of para-hydroxylation sites is 2. The van der Waals surface area contributed by atoms with Crippen molar-refractivity contribution < 1.29 is 9.47 Å². The molecule has 1 heterocycles. The number of methoxy groups -OCH3 is 2. The lowest BCUT2D eigenvalue weighted by molar-refractivity contribution is 0.413. The van der Waals surface area contributed by atoms with E-state index in [4.69, 9.17) is 9.47 Å². The van der Waals surface area contributed by atoms with Gasteiger partial charge in [0.05, 0.1) is 14.2 Å². The van der Waals surface area contributed by atoms with Crippen LogP contribution in [0.3, 0.4) is 0 Å². The molecular formula is C34H34O2Si. The minimum Gasteiger partial charge on any atom is -0.496 e. The van der Waals surface area contributed by atoms with Gasteiger partial charge in [0.15, 0.2) is 0 Å². The van der Waals surface area contributed by atoms with Crippen molar-refractivity contribution in [2.75, 3.05) is 14.2 Å². The molecule has 0 atom stereocenters. The average Bonchev–Trinajstić information content (AvgIpc) is 3.15. The third-order valence-electron chi connectivity index (χ3n) is 7.37. The molecule has 1 aliphatic heterocycles. The third kappa shape index (κ3) is 4.34. The van der Waals surface area contributed by atoms with Crippen LogP contribution in [0.25, 0.3) is 21.5 Å². The first-order valence-electron chi connectivity index (χ1n) is 12.8. The summed E-state index contributed by atoms with van der Waals surface area (Å²) < 4.78 is 11.9. The summed E-state index contributed by atoms with van der Waals surface area (Å²) in [7, 11) is 1.24. The van der Waals surface area contributed by atoms with Gasteiger partial charge in [0.25, 0.3) is 0 Å². The first kappa shape index (κ1) is 24.9. The van der Waals surface area contributed by atoms with Crippen LogP contribution in [0.5, 0.6) is 11.5 Å². The molecule has 5 rings (SSSR count). The maximum Gasteiger partial charge on any atom is 0.125 e. The largest absolute Gasteiger partial charge is 0.496 e. The number of allylic oxidation sites excluding steroid dienone is 2. The quantitative estimate of drug-likeness (QED) is 0.246. The number of hydrogen-bond acceptors (Lipinski definition) is 2. The average molecular weight is 503 g/mol. The highest BCUT2D eigenvalue weighted by molar-refractivity contribution is 7.13. The Labute approximate surface area is 221 Å². The van der Waals surface area contributed by atoms with Crippen LogP contribution in [-0.2, 0) is 0 Å². The summed E-state index contributed by atoms with van der Waals surface area (Å²) in [6.07, 6.45) is 0. The van der Waals surface area contributed by atoms with Crippen molar-refractivity contribution >= 4 is 29.6 Å². The molecule has 0 saturated carbocycles. The second-order valence-electron chi connectivity index (χ2n) is 10.3. The van der Waals surface area contributed by atoms with E-state index in [0.717, 1.165) is 11.5 Å². The first-order valence-corrected chi connectivity index (χ1v) is 15.8. The molecule has 0 N–H and O–H groups in total. The molecule has 0 saturated heterocycles. The summed E-state index contributed by atoms with van der Waals surface area (Å²) in [4.78, 5) is 0. The molecule has 0 bridgehead atoms. The summed E-state index contributed by atoms with van der Waals surface area (Å²) in [5.41, 5.74) is 9.93. The summed E-state index contributed by atoms with van der Waals surface area (Å²) in [6.45, 7) is 9.27. The second-order valence-corrected chi connectivity index (χ2v) is 14.5. The molecule has 0 radical (unpaired) electrons. The molecule has 4 aromatic rings. The molecule has 0 aliphatic carbocycles. The highest BCUT2D eigenvalue weighted by Gasteiger charge is 2.45. The van der Waals surface area contributed by atoms with Crippen LogP contribution in [0.4, 0.5) is 0 Å². The summed E-state index contributed by atoms with van der Waals surface area (Å²) >= 11 is 0. The highest BCUT2D eigenvalue weighted by atomic mass is 28.3. The SMILES string of the molecule is COc1ccccc1C1=C(c2cccc(C)c2)C(c2cccc(C)c2)=C(c2ccccc2OC)[Si]1(C)C. The van der Waals surface area contributed by atoms with Crippen LogP contribution in [0, 0.1) is 13.8 Å². The topological polar surface area (TPSA) is 18.5 Å². The van der Waals surface area contributed by atoms with E-state index in [1.807, 2.05) is 0 Å². The molecule has 37 heavy (non-hydrogen) atoms. The standard InChI is InChI=1S/C34H34O2Si/c1-23-13-11-15-25(21-23)31-32(26-16-12-14-24(2)22-26)34(28-18-8-10-20-30(28)36-4)37(5,6)33(31)27-17-7-9-19-29(27)35-3/h7-22H,1-6H3. The van der Waals surface area contributed by atoms with Gasteiger partial charge in [0.2, 0.25) is 0 Å². The molecule has 2 nitrogen and oxygen atoms in total. The summed E-state index contributed by atoms with van der Waals surface area (Å²) in [5, 5.41) is 2.79. The Hall–Kier alpha value is -3.82. The predicted octanol–water partition coefficient (Wildman–Crippen LogP) is 8.64. The van der Waals surface area contributed by atoms with Crippen molar-refractivity contribution in [3.63, 3.8) is 0 Å². The Morgan fingerprint density at radius 1 is 0.514 bits per heavy atom. The fourth-order valence-corrected chi connectivity index (χ4v) is 9.62. The zero-order chi connectivity index (χ0) is 26.2. The maximum absolute atomic E-state index is 5.95.